The standard InChI is InChI=1S/C17H27N7S.HI/c1-3-18-17(20-11-15-21-12-22-24(15)2)19-10-6-9-16-23-13-7-4-5-8-14(13)25-16;/h12H,3-11H2,1-2H3,(H2,18,19,20);1H. The lowest BCUT2D eigenvalue weighted by molar-refractivity contribution is 0.677. The van der Waals surface area contributed by atoms with Gasteiger partial charge in [-0.15, -0.1) is 35.3 Å². The molecule has 1 aliphatic rings. The molecule has 1 aliphatic carbocycles. The predicted octanol–water partition coefficient (Wildman–Crippen LogP) is 2.46. The Morgan fingerprint density at radius 3 is 2.88 bits per heavy atom. The van der Waals surface area contributed by atoms with E-state index in [1.54, 1.807) is 11.0 Å². The number of nitrogens with one attached hydrogen (secondary N) is 2. The van der Waals surface area contributed by atoms with Crippen molar-refractivity contribution in [2.45, 2.75) is 52.0 Å². The molecule has 144 valence electrons. The normalized spacial score (nSPS) is 13.8. The van der Waals surface area contributed by atoms with Gasteiger partial charge in [0.15, 0.2) is 5.96 Å². The summed E-state index contributed by atoms with van der Waals surface area (Å²) in [6.07, 6.45) is 8.66. The molecule has 0 fully saturated rings. The van der Waals surface area contributed by atoms with Crippen molar-refractivity contribution in [2.24, 2.45) is 12.0 Å². The van der Waals surface area contributed by atoms with Crippen LogP contribution in [0.1, 0.15) is 47.6 Å². The van der Waals surface area contributed by atoms with Crippen LogP contribution < -0.4 is 10.6 Å². The van der Waals surface area contributed by atoms with E-state index in [4.69, 9.17) is 4.98 Å². The highest BCUT2D eigenvalue weighted by molar-refractivity contribution is 14.0. The van der Waals surface area contributed by atoms with Gasteiger partial charge in [0.1, 0.15) is 18.7 Å². The zero-order chi connectivity index (χ0) is 17.5. The van der Waals surface area contributed by atoms with Crippen LogP contribution in [0.4, 0.5) is 0 Å². The Morgan fingerprint density at radius 1 is 1.31 bits per heavy atom. The molecule has 0 aliphatic heterocycles. The maximum Gasteiger partial charge on any atom is 0.191 e. The van der Waals surface area contributed by atoms with Gasteiger partial charge < -0.3 is 10.6 Å². The molecule has 2 N–H and O–H groups in total. The first-order valence-electron chi connectivity index (χ1n) is 9.08. The lowest BCUT2D eigenvalue weighted by Gasteiger charge is -2.10. The molecule has 0 spiro atoms. The van der Waals surface area contributed by atoms with Crippen molar-refractivity contribution in [3.05, 3.63) is 27.7 Å². The Balaban J connectivity index is 0.00000243. The van der Waals surface area contributed by atoms with Crippen LogP contribution in [0, 0.1) is 0 Å². The van der Waals surface area contributed by atoms with E-state index >= 15 is 0 Å². The molecule has 0 bridgehead atoms. The topological polar surface area (TPSA) is 80.0 Å². The second-order valence-electron chi connectivity index (χ2n) is 6.21. The summed E-state index contributed by atoms with van der Waals surface area (Å²) < 4.78 is 1.75. The number of nitrogens with zero attached hydrogens (tertiary/aromatic N) is 5. The Labute approximate surface area is 176 Å². The highest BCUT2D eigenvalue weighted by atomic mass is 127. The molecule has 9 heteroatoms. The molecule has 26 heavy (non-hydrogen) atoms. The van der Waals surface area contributed by atoms with Crippen molar-refractivity contribution in [1.82, 2.24) is 30.4 Å². The first-order chi connectivity index (χ1) is 12.3. The maximum atomic E-state index is 4.81. The molecular weight excluding hydrogens is 461 g/mol. The summed E-state index contributed by atoms with van der Waals surface area (Å²) >= 11 is 1.91. The van der Waals surface area contributed by atoms with Gasteiger partial charge in [-0.05, 0) is 39.0 Å². The molecule has 7 nitrogen and oxygen atoms in total. The van der Waals surface area contributed by atoms with Gasteiger partial charge in [0.2, 0.25) is 0 Å². The number of rotatable bonds is 7. The Morgan fingerprint density at radius 2 is 2.15 bits per heavy atom. The van der Waals surface area contributed by atoms with Crippen molar-refractivity contribution >= 4 is 41.3 Å². The smallest absolute Gasteiger partial charge is 0.191 e. The van der Waals surface area contributed by atoms with E-state index in [-0.39, 0.29) is 24.0 Å². The van der Waals surface area contributed by atoms with Crippen molar-refractivity contribution in [3.63, 3.8) is 0 Å². The van der Waals surface area contributed by atoms with Crippen molar-refractivity contribution in [1.29, 1.82) is 0 Å². The van der Waals surface area contributed by atoms with Gasteiger partial charge in [-0.25, -0.2) is 15.0 Å². The lowest BCUT2D eigenvalue weighted by Crippen LogP contribution is -2.38. The lowest BCUT2D eigenvalue weighted by atomic mass is 10.0. The number of thiazole rings is 1. The van der Waals surface area contributed by atoms with E-state index in [1.165, 1.54) is 41.3 Å². The molecule has 0 saturated carbocycles. The maximum absolute atomic E-state index is 4.81. The summed E-state index contributed by atoms with van der Waals surface area (Å²) in [7, 11) is 1.88. The van der Waals surface area contributed by atoms with E-state index < -0.39 is 0 Å². The molecule has 0 amide bonds. The van der Waals surface area contributed by atoms with E-state index in [0.29, 0.717) is 6.54 Å². The molecule has 2 aromatic heterocycles. The van der Waals surface area contributed by atoms with E-state index in [1.807, 2.05) is 18.4 Å². The highest BCUT2D eigenvalue weighted by Crippen LogP contribution is 2.27. The fraction of sp³-hybridized carbons (Fsp3) is 0.647. The minimum atomic E-state index is 0. The van der Waals surface area contributed by atoms with Gasteiger partial charge in [-0.1, -0.05) is 0 Å². The number of halogens is 1. The van der Waals surface area contributed by atoms with Crippen LogP contribution in [0.25, 0.3) is 0 Å². The number of hydrogen-bond donors (Lipinski definition) is 2. The summed E-state index contributed by atoms with van der Waals surface area (Å²) in [6.45, 7) is 4.31. The second-order valence-corrected chi connectivity index (χ2v) is 7.38. The van der Waals surface area contributed by atoms with Crippen molar-refractivity contribution < 1.29 is 0 Å². The van der Waals surface area contributed by atoms with Crippen LogP contribution >= 0.6 is 35.3 Å². The van der Waals surface area contributed by atoms with Gasteiger partial charge >= 0.3 is 0 Å². The van der Waals surface area contributed by atoms with Crippen LogP contribution in [-0.2, 0) is 32.9 Å². The molecule has 2 aromatic rings. The molecular formula is C17H28IN7S. The molecule has 2 heterocycles. The Bertz CT molecular complexity index is 686. The molecule has 0 aromatic carbocycles. The largest absolute Gasteiger partial charge is 0.357 e. The van der Waals surface area contributed by atoms with Gasteiger partial charge in [0, 0.05) is 31.4 Å². The SMILES string of the molecule is CCNC(=NCc1ncnn1C)NCCCc1nc2c(s1)CCCC2.I. The van der Waals surface area contributed by atoms with Gasteiger partial charge in [-0.3, -0.25) is 4.68 Å². The van der Waals surface area contributed by atoms with Gasteiger partial charge in [-0.2, -0.15) is 5.10 Å². The highest BCUT2D eigenvalue weighted by Gasteiger charge is 2.14. The summed E-state index contributed by atoms with van der Waals surface area (Å²) in [4.78, 5) is 15.1. The summed E-state index contributed by atoms with van der Waals surface area (Å²) in [5, 5.41) is 12.0. The Hall–Kier alpha value is -1.23. The number of hydrogen-bond acceptors (Lipinski definition) is 5. The van der Waals surface area contributed by atoms with E-state index in [9.17, 15) is 0 Å². The zero-order valence-corrected chi connectivity index (χ0v) is 18.6. The number of aromatic nitrogens is 4. The van der Waals surface area contributed by atoms with Crippen LogP contribution in [0.15, 0.2) is 11.3 Å². The van der Waals surface area contributed by atoms with Crippen LogP contribution in [-0.4, -0.2) is 38.8 Å². The zero-order valence-electron chi connectivity index (χ0n) is 15.5. The molecule has 3 rings (SSSR count). The van der Waals surface area contributed by atoms with Crippen molar-refractivity contribution in [3.8, 4) is 0 Å². The molecule has 0 saturated heterocycles. The minimum absolute atomic E-state index is 0. The first kappa shape index (κ1) is 21.1. The number of fused-ring (bicyclic) bond motifs is 1. The molecule has 0 unspecified atom stereocenters. The molecule has 0 radical (unpaired) electrons. The summed E-state index contributed by atoms with van der Waals surface area (Å²) in [5.74, 6) is 1.68. The van der Waals surface area contributed by atoms with E-state index in [2.05, 4.69) is 32.6 Å². The first-order valence-corrected chi connectivity index (χ1v) is 9.90. The van der Waals surface area contributed by atoms with Crippen LogP contribution in [0.5, 0.6) is 0 Å². The predicted molar refractivity (Wildman–Crippen MR) is 116 cm³/mol. The van der Waals surface area contributed by atoms with E-state index in [0.717, 1.165) is 37.7 Å². The fourth-order valence-corrected chi connectivity index (χ4v) is 4.11. The Kier molecular flexibility index (Phi) is 8.76. The summed E-state index contributed by atoms with van der Waals surface area (Å²) in [5.41, 5.74) is 1.36. The second kappa shape index (κ2) is 10.8. The fourth-order valence-electron chi connectivity index (χ4n) is 2.91. The van der Waals surface area contributed by atoms with Crippen LogP contribution in [0.2, 0.25) is 0 Å². The summed E-state index contributed by atoms with van der Waals surface area (Å²) in [6, 6.07) is 0. The average molecular weight is 489 g/mol. The number of aliphatic imine (C=N–C) groups is 1. The minimum Gasteiger partial charge on any atom is -0.357 e. The van der Waals surface area contributed by atoms with Gasteiger partial charge in [0.05, 0.1) is 10.7 Å². The van der Waals surface area contributed by atoms with Gasteiger partial charge in [0.25, 0.3) is 0 Å². The number of aryl methyl sites for hydroxylation is 4. The average Bonchev–Trinajstić information content (AvgIpc) is 3.21. The number of guanidine groups is 1. The third-order valence-corrected chi connectivity index (χ3v) is 5.49. The molecule has 0 atom stereocenters. The van der Waals surface area contributed by atoms with Crippen LogP contribution in [0.3, 0.4) is 0 Å². The monoisotopic (exact) mass is 489 g/mol. The van der Waals surface area contributed by atoms with Crippen molar-refractivity contribution in [2.75, 3.05) is 13.1 Å². The quantitative estimate of drug-likeness (QED) is 0.270. The third kappa shape index (κ3) is 5.90. The third-order valence-electron chi connectivity index (χ3n) is 4.28.